The number of anilines is 1. The zero-order valence-electron chi connectivity index (χ0n) is 21.8. The Labute approximate surface area is 231 Å². The molecular weight excluding hydrogens is 523 g/mol. The molecule has 2 aromatic carbocycles. The number of hydrogen-bond acceptors (Lipinski definition) is 7. The number of hydrogen-bond donors (Lipinski definition) is 2. The molecule has 1 atom stereocenters. The number of nitrogens with one attached hydrogen (secondary N) is 2. The van der Waals surface area contributed by atoms with Crippen LogP contribution >= 0.6 is 23.5 Å². The second-order valence-corrected chi connectivity index (χ2v) is 11.2. The molecule has 0 fully saturated rings. The van der Waals surface area contributed by atoms with Gasteiger partial charge < -0.3 is 25.0 Å². The first-order chi connectivity index (χ1) is 18.5. The van der Waals surface area contributed by atoms with Gasteiger partial charge in [0.1, 0.15) is 5.82 Å². The van der Waals surface area contributed by atoms with E-state index in [0.29, 0.717) is 30.2 Å². The van der Waals surface area contributed by atoms with Crippen LogP contribution in [0.1, 0.15) is 26.7 Å². The number of benzene rings is 2. The Morgan fingerprint density at radius 1 is 1.18 bits per heavy atom. The molecule has 0 radical (unpaired) electrons. The molecule has 1 aliphatic heterocycles. The van der Waals surface area contributed by atoms with E-state index in [0.717, 1.165) is 46.1 Å². The van der Waals surface area contributed by atoms with E-state index >= 15 is 0 Å². The van der Waals surface area contributed by atoms with Crippen LogP contribution in [0.2, 0.25) is 0 Å². The molecule has 0 spiro atoms. The molecule has 0 aliphatic carbocycles. The molecule has 2 N–H and O–H groups in total. The highest BCUT2D eigenvalue weighted by Gasteiger charge is 2.22. The van der Waals surface area contributed by atoms with Crippen molar-refractivity contribution in [1.82, 2.24) is 15.2 Å². The van der Waals surface area contributed by atoms with Gasteiger partial charge in [-0.2, -0.15) is 0 Å². The summed E-state index contributed by atoms with van der Waals surface area (Å²) in [7, 11) is 1.65. The number of aromatic nitrogens is 1. The Bertz CT molecular complexity index is 1270. The average molecular weight is 557 g/mol. The summed E-state index contributed by atoms with van der Waals surface area (Å²) in [6.45, 7) is 8.02. The van der Waals surface area contributed by atoms with Crippen LogP contribution in [0.4, 0.5) is 14.9 Å². The molecule has 2 amide bonds. The third-order valence-electron chi connectivity index (χ3n) is 6.12. The highest BCUT2D eigenvalue weighted by atomic mass is 32.2. The Morgan fingerprint density at radius 3 is 2.71 bits per heavy atom. The number of methoxy groups -OCH3 is 1. The first kappa shape index (κ1) is 28.1. The van der Waals surface area contributed by atoms with Gasteiger partial charge in [0.25, 0.3) is 0 Å². The number of thioether (sulfide) groups is 2. The first-order valence-electron chi connectivity index (χ1n) is 12.7. The van der Waals surface area contributed by atoms with Gasteiger partial charge >= 0.3 is 6.03 Å². The Kier molecular flexibility index (Phi) is 10.1. The normalized spacial score (nSPS) is 15.0. The lowest BCUT2D eigenvalue weighted by Crippen LogP contribution is -2.34. The predicted molar refractivity (Wildman–Crippen MR) is 155 cm³/mol. The van der Waals surface area contributed by atoms with Crippen LogP contribution in [0.25, 0.3) is 10.9 Å². The summed E-state index contributed by atoms with van der Waals surface area (Å²) >= 11 is 3.24. The molecule has 1 unspecified atom stereocenters. The minimum absolute atomic E-state index is 0.0862. The molecule has 7 nitrogen and oxygen atoms in total. The van der Waals surface area contributed by atoms with Crippen molar-refractivity contribution in [1.29, 1.82) is 0 Å². The Hall–Kier alpha value is -2.95. The molecule has 1 aromatic heterocycles. The van der Waals surface area contributed by atoms with Gasteiger partial charge in [-0.15, -0.1) is 0 Å². The Morgan fingerprint density at radius 2 is 1.97 bits per heavy atom. The quantitative estimate of drug-likeness (QED) is 0.240. The van der Waals surface area contributed by atoms with Gasteiger partial charge in [-0.3, -0.25) is 4.98 Å². The number of amides is 2. The van der Waals surface area contributed by atoms with Crippen LogP contribution in [-0.2, 0) is 0 Å². The van der Waals surface area contributed by atoms with E-state index in [1.54, 1.807) is 36.8 Å². The van der Waals surface area contributed by atoms with Crippen LogP contribution < -0.4 is 20.1 Å². The van der Waals surface area contributed by atoms with Gasteiger partial charge in [0.2, 0.25) is 0 Å². The van der Waals surface area contributed by atoms with Crippen molar-refractivity contribution in [2.45, 2.75) is 37.0 Å². The summed E-state index contributed by atoms with van der Waals surface area (Å²) in [5, 5.41) is 6.59. The third kappa shape index (κ3) is 7.55. The van der Waals surface area contributed by atoms with E-state index in [1.165, 1.54) is 24.3 Å². The number of rotatable bonds is 12. The number of nitrogens with zero attached hydrogens (tertiary/aromatic N) is 2. The molecule has 3 aromatic rings. The van der Waals surface area contributed by atoms with Crippen LogP contribution in [0.5, 0.6) is 11.5 Å². The smallest absolute Gasteiger partial charge is 0.320 e. The lowest BCUT2D eigenvalue weighted by atomic mass is 10.2. The van der Waals surface area contributed by atoms with Crippen LogP contribution in [0.3, 0.4) is 0 Å². The fourth-order valence-corrected chi connectivity index (χ4v) is 6.49. The van der Waals surface area contributed by atoms with Crippen LogP contribution in [0.15, 0.2) is 63.9 Å². The summed E-state index contributed by atoms with van der Waals surface area (Å²) in [6.07, 6.45) is 5.57. The predicted octanol–water partition coefficient (Wildman–Crippen LogP) is 6.71. The van der Waals surface area contributed by atoms with Gasteiger partial charge in [-0.05, 0) is 62.3 Å². The first-order valence-corrected chi connectivity index (χ1v) is 14.4. The molecule has 202 valence electrons. The number of ether oxygens (including phenoxy) is 2. The number of carbonyl (C=O) groups excluding carboxylic acids is 1. The number of carbonyl (C=O) groups is 1. The van der Waals surface area contributed by atoms with Crippen molar-refractivity contribution in [3.63, 3.8) is 0 Å². The maximum absolute atomic E-state index is 13.1. The molecular formula is C28H33FN4O3S2. The largest absolute Gasteiger partial charge is 0.493 e. The SMILES string of the molecule is CCN(CC)CCCOc1cc2nccc(SC3=CCC(NC(=O)Nc4ccc(F)cc4)S3)c2cc1OC. The van der Waals surface area contributed by atoms with E-state index in [1.807, 2.05) is 18.2 Å². The van der Waals surface area contributed by atoms with Crippen LogP contribution in [-0.4, -0.2) is 54.6 Å². The van der Waals surface area contributed by atoms with Crippen molar-refractivity contribution in [3.8, 4) is 11.5 Å². The molecule has 0 bridgehead atoms. The van der Waals surface area contributed by atoms with Gasteiger partial charge in [-0.25, -0.2) is 9.18 Å². The van der Waals surface area contributed by atoms with Gasteiger partial charge in [0.15, 0.2) is 11.5 Å². The maximum atomic E-state index is 13.1. The molecule has 38 heavy (non-hydrogen) atoms. The van der Waals surface area contributed by atoms with Crippen molar-refractivity contribution >= 4 is 46.1 Å². The monoisotopic (exact) mass is 556 g/mol. The van der Waals surface area contributed by atoms with E-state index in [4.69, 9.17) is 9.47 Å². The number of fused-ring (bicyclic) bond motifs is 1. The summed E-state index contributed by atoms with van der Waals surface area (Å²) in [6, 6.07) is 11.3. The van der Waals surface area contributed by atoms with Crippen molar-refractivity contribution < 1.29 is 18.7 Å². The maximum Gasteiger partial charge on any atom is 0.320 e. The lowest BCUT2D eigenvalue weighted by molar-refractivity contribution is 0.243. The fourth-order valence-electron chi connectivity index (χ4n) is 4.05. The lowest BCUT2D eigenvalue weighted by Gasteiger charge is -2.18. The molecule has 0 saturated heterocycles. The number of halogens is 1. The summed E-state index contributed by atoms with van der Waals surface area (Å²) in [5.74, 6) is 1.03. The van der Waals surface area contributed by atoms with Crippen LogP contribution in [0, 0.1) is 5.82 Å². The van der Waals surface area contributed by atoms with Crippen molar-refractivity contribution in [2.24, 2.45) is 0 Å². The second kappa shape index (κ2) is 13.7. The molecule has 10 heteroatoms. The van der Waals surface area contributed by atoms with E-state index in [9.17, 15) is 9.18 Å². The topological polar surface area (TPSA) is 75.7 Å². The molecule has 4 rings (SSSR count). The minimum Gasteiger partial charge on any atom is -0.493 e. The molecule has 1 aliphatic rings. The molecule has 0 saturated carbocycles. The fraction of sp³-hybridized carbons (Fsp3) is 0.357. The van der Waals surface area contributed by atoms with E-state index < -0.39 is 0 Å². The summed E-state index contributed by atoms with van der Waals surface area (Å²) < 4.78 is 25.9. The zero-order valence-corrected chi connectivity index (χ0v) is 23.5. The summed E-state index contributed by atoms with van der Waals surface area (Å²) in [4.78, 5) is 20.3. The average Bonchev–Trinajstić information content (AvgIpc) is 3.36. The number of pyridine rings is 1. The highest BCUT2D eigenvalue weighted by Crippen LogP contribution is 2.45. The standard InChI is InChI=1S/C28H33FN4O3S2/c1-4-33(5-2)15-6-16-36-24-18-22-21(17-23(24)35-3)25(13-14-30-22)37-27-12-11-26(38-27)32-28(34)31-20-9-7-19(29)8-10-20/h7-10,12-14,17-18,26H,4-6,11,15-16H2,1-3H3,(H2,31,32,34). The van der Waals surface area contributed by atoms with E-state index in [-0.39, 0.29) is 17.2 Å². The minimum atomic E-state index is -0.343. The second-order valence-electron chi connectivity index (χ2n) is 8.63. The van der Waals surface area contributed by atoms with Crippen molar-refractivity contribution in [3.05, 3.63) is 64.8 Å². The Balaban J connectivity index is 1.35. The summed E-state index contributed by atoms with van der Waals surface area (Å²) in [5.41, 5.74) is 1.38. The number of urea groups is 1. The van der Waals surface area contributed by atoms with Gasteiger partial charge in [-0.1, -0.05) is 43.4 Å². The highest BCUT2D eigenvalue weighted by molar-refractivity contribution is 8.22. The van der Waals surface area contributed by atoms with Crippen molar-refractivity contribution in [2.75, 3.05) is 38.7 Å². The van der Waals surface area contributed by atoms with Gasteiger partial charge in [0.05, 0.1) is 24.6 Å². The molecule has 2 heterocycles. The third-order valence-corrected chi connectivity index (χ3v) is 8.60. The van der Waals surface area contributed by atoms with E-state index in [2.05, 4.69) is 40.4 Å². The van der Waals surface area contributed by atoms with Gasteiger partial charge in [0, 0.05) is 39.0 Å². The zero-order chi connectivity index (χ0) is 26.9.